The fourth-order valence-corrected chi connectivity index (χ4v) is 3.24. The van der Waals surface area contributed by atoms with Gasteiger partial charge in [0.1, 0.15) is 36.1 Å². The molecule has 0 radical (unpaired) electrons. The van der Waals surface area contributed by atoms with E-state index in [1.807, 2.05) is 19.9 Å². The van der Waals surface area contributed by atoms with Crippen molar-refractivity contribution in [3.05, 3.63) is 11.6 Å². The maximum atomic E-state index is 10.4. The SMILES string of the molecule is CC(C)=CCC12OC3(C)OC(C(O)[C@@H](O3)C1O)C2O. The van der Waals surface area contributed by atoms with Gasteiger partial charge in [-0.1, -0.05) is 11.6 Å². The van der Waals surface area contributed by atoms with Crippen LogP contribution >= 0.6 is 0 Å². The van der Waals surface area contributed by atoms with Crippen molar-refractivity contribution in [1.82, 2.24) is 0 Å². The highest BCUT2D eigenvalue weighted by Crippen LogP contribution is 2.52. The molecule has 0 aromatic carbocycles. The quantitative estimate of drug-likeness (QED) is 0.596. The molecule has 3 aliphatic heterocycles. The van der Waals surface area contributed by atoms with Gasteiger partial charge in [0, 0.05) is 13.3 Å². The molecule has 4 rings (SSSR count). The lowest BCUT2D eigenvalue weighted by Gasteiger charge is -2.64. The number of hydrogen-bond donors (Lipinski definition) is 3. The number of hydrogen-bond acceptors (Lipinski definition) is 6. The van der Waals surface area contributed by atoms with Crippen molar-refractivity contribution in [3.8, 4) is 0 Å². The Labute approximate surface area is 111 Å². The van der Waals surface area contributed by atoms with Crippen molar-refractivity contribution in [3.63, 3.8) is 0 Å². The lowest BCUT2D eigenvalue weighted by atomic mass is 9.70. The zero-order valence-corrected chi connectivity index (χ0v) is 11.2. The summed E-state index contributed by atoms with van der Waals surface area (Å²) in [6.07, 6.45) is -2.60. The molecule has 4 aliphatic rings. The zero-order chi connectivity index (χ0) is 14.0. The van der Waals surface area contributed by atoms with E-state index in [1.54, 1.807) is 6.92 Å². The maximum absolute atomic E-state index is 10.4. The molecule has 6 nitrogen and oxygen atoms in total. The fourth-order valence-electron chi connectivity index (χ4n) is 3.24. The Balaban J connectivity index is 2.00. The van der Waals surface area contributed by atoms with E-state index in [4.69, 9.17) is 14.2 Å². The Hall–Kier alpha value is -0.500. The highest BCUT2D eigenvalue weighted by molar-refractivity contribution is 5.18. The van der Waals surface area contributed by atoms with E-state index in [-0.39, 0.29) is 0 Å². The minimum absolute atomic E-state index is 0.347. The molecule has 0 spiro atoms. The van der Waals surface area contributed by atoms with Crippen LogP contribution in [0.3, 0.4) is 0 Å². The van der Waals surface area contributed by atoms with Gasteiger partial charge in [0.2, 0.25) is 0 Å². The summed E-state index contributed by atoms with van der Waals surface area (Å²) in [7, 11) is 0. The number of allylic oxidation sites excluding steroid dienone is 1. The summed E-state index contributed by atoms with van der Waals surface area (Å²) in [5, 5.41) is 30.8. The van der Waals surface area contributed by atoms with Gasteiger partial charge in [0.15, 0.2) is 0 Å². The van der Waals surface area contributed by atoms with Crippen molar-refractivity contribution < 1.29 is 29.5 Å². The number of rotatable bonds is 2. The average molecular weight is 272 g/mol. The van der Waals surface area contributed by atoms with Crippen LogP contribution in [-0.4, -0.2) is 57.4 Å². The Morgan fingerprint density at radius 2 is 1.63 bits per heavy atom. The summed E-state index contributed by atoms with van der Waals surface area (Å²) in [4.78, 5) is 0. The second-order valence-corrected chi connectivity index (χ2v) is 5.95. The van der Waals surface area contributed by atoms with Crippen molar-refractivity contribution >= 4 is 0 Å². The lowest BCUT2D eigenvalue weighted by Crippen LogP contribution is -2.83. The predicted octanol–water partition coefficient (Wildman–Crippen LogP) is -0.334. The van der Waals surface area contributed by atoms with Crippen molar-refractivity contribution in [2.45, 2.75) is 69.3 Å². The summed E-state index contributed by atoms with van der Waals surface area (Å²) in [6.45, 7) is 5.46. The molecular formula is C13H20O6. The standard InChI is InChI=1S/C13H20O6/c1-6(2)4-5-13-10(15)8-7(14)9(11(13)16)18-12(3,17-8)19-13/h4,7-11,14-16H,5H2,1-3H3/t7?,8-,9?,10?,11?,12?,13?/m1/s1. The number of aliphatic hydroxyl groups is 3. The molecule has 4 bridgehead atoms. The van der Waals surface area contributed by atoms with Gasteiger partial charge in [0.05, 0.1) is 0 Å². The van der Waals surface area contributed by atoms with Crippen LogP contribution in [0.5, 0.6) is 0 Å². The number of aliphatic hydroxyl groups excluding tert-OH is 3. The van der Waals surface area contributed by atoms with E-state index in [1.165, 1.54) is 0 Å². The Kier molecular flexibility index (Phi) is 2.84. The second-order valence-electron chi connectivity index (χ2n) is 5.95. The summed E-state index contributed by atoms with van der Waals surface area (Å²) in [5.74, 6) is -1.32. The molecule has 0 amide bonds. The monoisotopic (exact) mass is 272 g/mol. The Morgan fingerprint density at radius 3 is 2.11 bits per heavy atom. The highest BCUT2D eigenvalue weighted by Gasteiger charge is 2.71. The van der Waals surface area contributed by atoms with E-state index < -0.39 is 42.1 Å². The van der Waals surface area contributed by atoms with Gasteiger partial charge in [-0.05, 0) is 13.8 Å². The first-order valence-corrected chi connectivity index (χ1v) is 6.52. The molecule has 6 heteroatoms. The van der Waals surface area contributed by atoms with Crippen LogP contribution in [0.25, 0.3) is 0 Å². The van der Waals surface area contributed by atoms with Gasteiger partial charge < -0.3 is 29.5 Å². The van der Waals surface area contributed by atoms with Gasteiger partial charge in [-0.15, -0.1) is 0 Å². The van der Waals surface area contributed by atoms with Gasteiger partial charge in [-0.3, -0.25) is 0 Å². The van der Waals surface area contributed by atoms with Gasteiger partial charge in [-0.2, -0.15) is 0 Å². The third-order valence-corrected chi connectivity index (χ3v) is 4.20. The third-order valence-electron chi connectivity index (χ3n) is 4.20. The zero-order valence-electron chi connectivity index (χ0n) is 11.2. The number of ether oxygens (including phenoxy) is 3. The summed E-state index contributed by atoms with van der Waals surface area (Å²) in [6, 6.07) is 0. The molecule has 0 aromatic rings. The summed E-state index contributed by atoms with van der Waals surface area (Å²) in [5.41, 5.74) is -0.122. The molecule has 1 saturated carbocycles. The fraction of sp³-hybridized carbons (Fsp3) is 0.846. The van der Waals surface area contributed by atoms with Crippen LogP contribution in [0.15, 0.2) is 11.6 Å². The Bertz CT molecular complexity index is 395. The minimum atomic E-state index is -1.32. The second kappa shape index (κ2) is 4.00. The third kappa shape index (κ3) is 1.72. The first kappa shape index (κ1) is 13.5. The maximum Gasteiger partial charge on any atom is 0.281 e. The predicted molar refractivity (Wildman–Crippen MR) is 64.0 cm³/mol. The first-order chi connectivity index (χ1) is 8.79. The van der Waals surface area contributed by atoms with E-state index in [9.17, 15) is 15.3 Å². The molecule has 19 heavy (non-hydrogen) atoms. The highest BCUT2D eigenvalue weighted by atomic mass is 16.9. The van der Waals surface area contributed by atoms with E-state index in [2.05, 4.69) is 0 Å². The molecule has 3 heterocycles. The van der Waals surface area contributed by atoms with Crippen LogP contribution in [0.4, 0.5) is 0 Å². The summed E-state index contributed by atoms with van der Waals surface area (Å²) < 4.78 is 16.6. The van der Waals surface area contributed by atoms with Crippen molar-refractivity contribution in [2.75, 3.05) is 0 Å². The molecule has 3 saturated heterocycles. The topological polar surface area (TPSA) is 88.4 Å². The minimum Gasteiger partial charge on any atom is -0.387 e. The Morgan fingerprint density at radius 1 is 1.11 bits per heavy atom. The van der Waals surface area contributed by atoms with Crippen LogP contribution in [0.2, 0.25) is 0 Å². The van der Waals surface area contributed by atoms with E-state index in [0.717, 1.165) is 5.57 Å². The summed E-state index contributed by atoms with van der Waals surface area (Å²) >= 11 is 0. The first-order valence-electron chi connectivity index (χ1n) is 6.52. The van der Waals surface area contributed by atoms with Crippen LogP contribution in [0.1, 0.15) is 27.2 Å². The van der Waals surface area contributed by atoms with Crippen LogP contribution in [-0.2, 0) is 14.2 Å². The molecule has 7 atom stereocenters. The van der Waals surface area contributed by atoms with Gasteiger partial charge >= 0.3 is 0 Å². The van der Waals surface area contributed by atoms with Gasteiger partial charge in [-0.25, -0.2) is 0 Å². The molecule has 1 aliphatic carbocycles. The van der Waals surface area contributed by atoms with Crippen LogP contribution in [0, 0.1) is 0 Å². The molecule has 0 aromatic heterocycles. The molecular weight excluding hydrogens is 252 g/mol. The normalized spacial score (nSPS) is 55.4. The van der Waals surface area contributed by atoms with E-state index >= 15 is 0 Å². The van der Waals surface area contributed by atoms with E-state index in [0.29, 0.717) is 6.42 Å². The average Bonchev–Trinajstić information content (AvgIpc) is 2.34. The molecule has 3 N–H and O–H groups in total. The smallest absolute Gasteiger partial charge is 0.281 e. The van der Waals surface area contributed by atoms with Gasteiger partial charge in [0.25, 0.3) is 5.97 Å². The molecule has 4 fully saturated rings. The molecule has 108 valence electrons. The van der Waals surface area contributed by atoms with Crippen molar-refractivity contribution in [1.29, 1.82) is 0 Å². The van der Waals surface area contributed by atoms with Crippen molar-refractivity contribution in [2.24, 2.45) is 0 Å². The largest absolute Gasteiger partial charge is 0.387 e. The molecule has 6 unspecified atom stereocenters. The van der Waals surface area contributed by atoms with Crippen LogP contribution < -0.4 is 0 Å². The lowest BCUT2D eigenvalue weighted by molar-refractivity contribution is -0.554.